The summed E-state index contributed by atoms with van der Waals surface area (Å²) in [5.74, 6) is -0.242. The van der Waals surface area contributed by atoms with E-state index in [1.54, 1.807) is 24.4 Å². The zero-order valence-electron chi connectivity index (χ0n) is 9.40. The van der Waals surface area contributed by atoms with Crippen LogP contribution in [0.5, 0.6) is 0 Å². The van der Waals surface area contributed by atoms with Crippen LogP contribution in [0.4, 0.5) is 10.1 Å². The highest BCUT2D eigenvalue weighted by Crippen LogP contribution is 2.17. The van der Waals surface area contributed by atoms with E-state index in [1.165, 1.54) is 12.1 Å². The Balaban J connectivity index is 2.14. The molecule has 1 heterocycles. The fraction of sp³-hybridized carbons (Fsp3) is 0.154. The molecule has 88 valence electrons. The van der Waals surface area contributed by atoms with Crippen LogP contribution in [0.15, 0.2) is 42.6 Å². The van der Waals surface area contributed by atoms with Gasteiger partial charge in [-0.1, -0.05) is 17.7 Å². The number of aromatic nitrogens is 1. The Morgan fingerprint density at radius 1 is 1.29 bits per heavy atom. The molecule has 0 aliphatic rings. The molecule has 0 fully saturated rings. The van der Waals surface area contributed by atoms with Crippen molar-refractivity contribution in [2.75, 3.05) is 11.9 Å². The molecule has 1 aromatic heterocycles. The Hall–Kier alpha value is -1.61. The summed E-state index contributed by atoms with van der Waals surface area (Å²) in [6, 6.07) is 9.99. The molecule has 0 aliphatic carbocycles. The largest absolute Gasteiger partial charge is 0.369 e. The normalized spacial score (nSPS) is 10.3. The number of anilines is 1. The van der Waals surface area contributed by atoms with E-state index in [-0.39, 0.29) is 5.82 Å². The lowest BCUT2D eigenvalue weighted by molar-refractivity contribution is 0.627. The summed E-state index contributed by atoms with van der Waals surface area (Å²) >= 11 is 5.88. The summed E-state index contributed by atoms with van der Waals surface area (Å²) in [7, 11) is 1.89. The molecule has 0 aliphatic heterocycles. The molecule has 2 nitrogen and oxygen atoms in total. The molecule has 0 N–H and O–H groups in total. The van der Waals surface area contributed by atoms with Crippen LogP contribution >= 0.6 is 11.6 Å². The summed E-state index contributed by atoms with van der Waals surface area (Å²) in [4.78, 5) is 6.13. The van der Waals surface area contributed by atoms with Gasteiger partial charge in [0.25, 0.3) is 0 Å². The Bertz CT molecular complexity index is 516. The van der Waals surface area contributed by atoms with Crippen molar-refractivity contribution in [3.63, 3.8) is 0 Å². The molecule has 0 saturated carbocycles. The van der Waals surface area contributed by atoms with E-state index in [4.69, 9.17) is 11.6 Å². The topological polar surface area (TPSA) is 16.1 Å². The van der Waals surface area contributed by atoms with Gasteiger partial charge in [-0.25, -0.2) is 4.39 Å². The average Bonchev–Trinajstić information content (AvgIpc) is 2.29. The Morgan fingerprint density at radius 2 is 2.12 bits per heavy atom. The molecule has 0 saturated heterocycles. The van der Waals surface area contributed by atoms with E-state index in [1.807, 2.05) is 18.0 Å². The summed E-state index contributed by atoms with van der Waals surface area (Å²) in [5, 5.41) is 0.655. The number of nitrogens with zero attached hydrogens (tertiary/aromatic N) is 2. The van der Waals surface area contributed by atoms with Crippen molar-refractivity contribution in [2.45, 2.75) is 6.54 Å². The predicted molar refractivity (Wildman–Crippen MR) is 67.8 cm³/mol. The fourth-order valence-electron chi connectivity index (χ4n) is 1.58. The number of halogens is 2. The second-order valence-corrected chi connectivity index (χ2v) is 4.24. The van der Waals surface area contributed by atoms with Gasteiger partial charge in [-0.05, 0) is 30.3 Å². The van der Waals surface area contributed by atoms with Crippen LogP contribution in [-0.2, 0) is 6.54 Å². The Labute approximate surface area is 105 Å². The SMILES string of the molecule is CN(Cc1cc(Cl)ccn1)c1cccc(F)c1. The number of rotatable bonds is 3. The van der Waals surface area contributed by atoms with Gasteiger partial charge in [0.15, 0.2) is 0 Å². The van der Waals surface area contributed by atoms with Crippen LogP contribution in [0, 0.1) is 5.82 Å². The lowest BCUT2D eigenvalue weighted by Gasteiger charge is -2.18. The van der Waals surface area contributed by atoms with Gasteiger partial charge in [-0.15, -0.1) is 0 Å². The molecule has 4 heteroatoms. The predicted octanol–water partition coefficient (Wildman–Crippen LogP) is 3.51. The molecule has 0 bridgehead atoms. The van der Waals surface area contributed by atoms with Crippen LogP contribution < -0.4 is 4.90 Å². The molecule has 0 spiro atoms. The third-order valence-electron chi connectivity index (χ3n) is 2.43. The van der Waals surface area contributed by atoms with Gasteiger partial charge in [0.2, 0.25) is 0 Å². The van der Waals surface area contributed by atoms with E-state index >= 15 is 0 Å². The second-order valence-electron chi connectivity index (χ2n) is 3.80. The van der Waals surface area contributed by atoms with Crippen LogP contribution in [0.1, 0.15) is 5.69 Å². The Morgan fingerprint density at radius 3 is 2.82 bits per heavy atom. The second kappa shape index (κ2) is 5.15. The van der Waals surface area contributed by atoms with Crippen molar-refractivity contribution < 1.29 is 4.39 Å². The average molecular weight is 251 g/mol. The minimum Gasteiger partial charge on any atom is -0.369 e. The zero-order valence-corrected chi connectivity index (χ0v) is 10.2. The smallest absolute Gasteiger partial charge is 0.125 e. The third-order valence-corrected chi connectivity index (χ3v) is 2.66. The number of hydrogen-bond donors (Lipinski definition) is 0. The maximum absolute atomic E-state index is 13.1. The molecular weight excluding hydrogens is 239 g/mol. The minimum atomic E-state index is -0.242. The first-order chi connectivity index (χ1) is 8.15. The molecule has 17 heavy (non-hydrogen) atoms. The van der Waals surface area contributed by atoms with Gasteiger partial charge in [0, 0.05) is 24.0 Å². The molecular formula is C13H12ClFN2. The highest BCUT2D eigenvalue weighted by Gasteiger charge is 2.04. The van der Waals surface area contributed by atoms with Crippen molar-refractivity contribution in [3.05, 3.63) is 59.1 Å². The van der Waals surface area contributed by atoms with Gasteiger partial charge in [0.05, 0.1) is 12.2 Å². The molecule has 0 amide bonds. The first kappa shape index (κ1) is 11.9. The third kappa shape index (κ3) is 3.17. The lowest BCUT2D eigenvalue weighted by atomic mass is 10.2. The Kier molecular flexibility index (Phi) is 3.59. The van der Waals surface area contributed by atoms with Crippen molar-refractivity contribution in [2.24, 2.45) is 0 Å². The first-order valence-electron chi connectivity index (χ1n) is 5.22. The molecule has 0 atom stereocenters. The number of hydrogen-bond acceptors (Lipinski definition) is 2. The van der Waals surface area contributed by atoms with E-state index in [9.17, 15) is 4.39 Å². The first-order valence-corrected chi connectivity index (χ1v) is 5.60. The zero-order chi connectivity index (χ0) is 12.3. The van der Waals surface area contributed by atoms with Crippen LogP contribution in [0.25, 0.3) is 0 Å². The van der Waals surface area contributed by atoms with Crippen molar-refractivity contribution >= 4 is 17.3 Å². The monoisotopic (exact) mass is 250 g/mol. The highest BCUT2D eigenvalue weighted by atomic mass is 35.5. The minimum absolute atomic E-state index is 0.242. The lowest BCUT2D eigenvalue weighted by Crippen LogP contribution is -2.17. The van der Waals surface area contributed by atoms with Crippen LogP contribution in [0.3, 0.4) is 0 Å². The fourth-order valence-corrected chi connectivity index (χ4v) is 1.77. The van der Waals surface area contributed by atoms with E-state index in [2.05, 4.69) is 4.98 Å². The quantitative estimate of drug-likeness (QED) is 0.829. The van der Waals surface area contributed by atoms with Gasteiger partial charge < -0.3 is 4.90 Å². The van der Waals surface area contributed by atoms with Crippen molar-refractivity contribution in [1.29, 1.82) is 0 Å². The maximum atomic E-state index is 13.1. The van der Waals surface area contributed by atoms with E-state index in [0.717, 1.165) is 11.4 Å². The van der Waals surface area contributed by atoms with E-state index < -0.39 is 0 Å². The summed E-state index contributed by atoms with van der Waals surface area (Å²) in [6.45, 7) is 0.587. The molecule has 1 aromatic carbocycles. The molecule has 2 rings (SSSR count). The summed E-state index contributed by atoms with van der Waals surface area (Å²) in [5.41, 5.74) is 1.66. The molecule has 0 unspecified atom stereocenters. The van der Waals surface area contributed by atoms with Gasteiger partial charge >= 0.3 is 0 Å². The summed E-state index contributed by atoms with van der Waals surface area (Å²) in [6.07, 6.45) is 1.66. The van der Waals surface area contributed by atoms with Crippen molar-refractivity contribution in [3.8, 4) is 0 Å². The van der Waals surface area contributed by atoms with Gasteiger partial charge in [-0.2, -0.15) is 0 Å². The van der Waals surface area contributed by atoms with Crippen molar-refractivity contribution in [1.82, 2.24) is 4.98 Å². The maximum Gasteiger partial charge on any atom is 0.125 e. The number of benzene rings is 1. The summed E-state index contributed by atoms with van der Waals surface area (Å²) < 4.78 is 13.1. The standard InChI is InChI=1S/C13H12ClFN2/c1-17(13-4-2-3-11(15)8-13)9-12-7-10(14)5-6-16-12/h2-8H,9H2,1H3. The number of pyridine rings is 1. The molecule has 2 aromatic rings. The van der Waals surface area contributed by atoms with E-state index in [0.29, 0.717) is 11.6 Å². The van der Waals surface area contributed by atoms with Gasteiger partial charge in [0.1, 0.15) is 5.82 Å². The van der Waals surface area contributed by atoms with Crippen LogP contribution in [-0.4, -0.2) is 12.0 Å². The molecule has 0 radical (unpaired) electrons. The van der Waals surface area contributed by atoms with Gasteiger partial charge in [-0.3, -0.25) is 4.98 Å². The highest BCUT2D eigenvalue weighted by molar-refractivity contribution is 6.30. The van der Waals surface area contributed by atoms with Crippen LogP contribution in [0.2, 0.25) is 5.02 Å².